The lowest BCUT2D eigenvalue weighted by atomic mass is 9.83. The Balaban J connectivity index is 2.50. The van der Waals surface area contributed by atoms with Gasteiger partial charge in [-0.25, -0.2) is 0 Å². The molecule has 0 bridgehead atoms. The number of rotatable bonds is 9. The molecule has 114 valence electrons. The second-order valence-corrected chi connectivity index (χ2v) is 6.82. The summed E-state index contributed by atoms with van der Waals surface area (Å²) in [6.45, 7) is 11.7. The Morgan fingerprint density at radius 2 is 1.95 bits per heavy atom. The molecule has 2 nitrogen and oxygen atoms in total. The topological polar surface area (TPSA) is 21.3 Å². The summed E-state index contributed by atoms with van der Waals surface area (Å²) < 4.78 is 6.61. The molecule has 0 unspecified atom stereocenters. The molecular weight excluding hydrogens is 314 g/mol. The first-order valence-electron chi connectivity index (χ1n) is 7.60. The minimum atomic E-state index is 0.382. The molecule has 3 heteroatoms. The summed E-state index contributed by atoms with van der Waals surface area (Å²) in [6, 6.07) is 6.43. The van der Waals surface area contributed by atoms with Gasteiger partial charge in [-0.15, -0.1) is 0 Å². The molecule has 0 aliphatic carbocycles. The molecule has 20 heavy (non-hydrogen) atoms. The van der Waals surface area contributed by atoms with E-state index in [0.29, 0.717) is 12.0 Å². The smallest absolute Gasteiger partial charge is 0.133 e. The van der Waals surface area contributed by atoms with E-state index in [-0.39, 0.29) is 0 Å². The quantitative estimate of drug-likeness (QED) is 0.651. The van der Waals surface area contributed by atoms with Gasteiger partial charge < -0.3 is 10.1 Å². The van der Waals surface area contributed by atoms with Crippen LogP contribution in [0, 0.1) is 5.41 Å². The molecule has 0 saturated carbocycles. The molecule has 1 N–H and O–H groups in total. The van der Waals surface area contributed by atoms with Crippen LogP contribution in [0.2, 0.25) is 0 Å². The molecule has 0 aromatic heterocycles. The Bertz CT molecular complexity index is 404. The third kappa shape index (κ3) is 6.27. The van der Waals surface area contributed by atoms with Gasteiger partial charge in [0.1, 0.15) is 5.75 Å². The Labute approximate surface area is 132 Å². The Morgan fingerprint density at radius 1 is 1.20 bits per heavy atom. The van der Waals surface area contributed by atoms with Crippen LogP contribution in [0.1, 0.15) is 46.1 Å². The van der Waals surface area contributed by atoms with E-state index >= 15 is 0 Å². The molecule has 1 rings (SSSR count). The fourth-order valence-corrected chi connectivity index (χ4v) is 2.72. The van der Waals surface area contributed by atoms with Crippen molar-refractivity contribution in [3.8, 4) is 5.75 Å². The van der Waals surface area contributed by atoms with Crippen molar-refractivity contribution in [3.63, 3.8) is 0 Å². The number of benzene rings is 1. The highest BCUT2D eigenvalue weighted by Gasteiger charge is 2.17. The molecule has 0 aliphatic heterocycles. The van der Waals surface area contributed by atoms with Crippen LogP contribution in [0.4, 0.5) is 0 Å². The highest BCUT2D eigenvalue weighted by Crippen LogP contribution is 2.30. The van der Waals surface area contributed by atoms with E-state index < -0.39 is 0 Å². The highest BCUT2D eigenvalue weighted by atomic mass is 79.9. The fourth-order valence-electron chi connectivity index (χ4n) is 2.18. The number of ether oxygens (including phenoxy) is 1. The normalized spacial score (nSPS) is 11.7. The number of halogens is 1. The maximum Gasteiger partial charge on any atom is 0.133 e. The molecule has 0 atom stereocenters. The van der Waals surface area contributed by atoms with Gasteiger partial charge in [-0.2, -0.15) is 0 Å². The van der Waals surface area contributed by atoms with Crippen molar-refractivity contribution in [1.82, 2.24) is 5.32 Å². The Kier molecular flexibility index (Phi) is 7.60. The molecule has 1 aromatic carbocycles. The molecule has 0 amide bonds. The summed E-state index contributed by atoms with van der Waals surface area (Å²) in [5.41, 5.74) is 1.75. The third-order valence-electron chi connectivity index (χ3n) is 3.62. The van der Waals surface area contributed by atoms with Crippen molar-refractivity contribution in [2.24, 2.45) is 5.41 Å². The Hall–Kier alpha value is -0.540. The Morgan fingerprint density at radius 3 is 2.55 bits per heavy atom. The van der Waals surface area contributed by atoms with Gasteiger partial charge in [-0.05, 0) is 78.3 Å². The van der Waals surface area contributed by atoms with Crippen molar-refractivity contribution >= 4 is 15.9 Å². The zero-order valence-electron chi connectivity index (χ0n) is 13.3. The summed E-state index contributed by atoms with van der Waals surface area (Å²) in [7, 11) is 0. The van der Waals surface area contributed by atoms with E-state index in [9.17, 15) is 0 Å². The van der Waals surface area contributed by atoms with Gasteiger partial charge in [0.25, 0.3) is 0 Å². The average molecular weight is 342 g/mol. The molecule has 0 radical (unpaired) electrons. The van der Waals surface area contributed by atoms with Crippen LogP contribution in [-0.4, -0.2) is 19.7 Å². The molecule has 0 fully saturated rings. The van der Waals surface area contributed by atoms with Crippen molar-refractivity contribution in [2.45, 2.75) is 47.0 Å². The maximum absolute atomic E-state index is 5.55. The van der Waals surface area contributed by atoms with E-state index in [2.05, 4.69) is 60.2 Å². The number of hydrogen-bond donors (Lipinski definition) is 1. The van der Waals surface area contributed by atoms with E-state index in [0.717, 1.165) is 29.7 Å². The summed E-state index contributed by atoms with van der Waals surface area (Å²) >= 11 is 3.58. The van der Waals surface area contributed by atoms with Gasteiger partial charge >= 0.3 is 0 Å². The number of nitrogens with one attached hydrogen (secondary N) is 1. The standard InChI is InChI=1S/C17H28BrNO/c1-5-19-12-11-17(3,4)10-9-14-7-8-16(20-6-2)15(18)13-14/h7-8,13,19H,5-6,9-12H2,1-4H3. The van der Waals surface area contributed by atoms with Crippen LogP contribution in [0.3, 0.4) is 0 Å². The molecule has 0 saturated heterocycles. The minimum absolute atomic E-state index is 0.382. The lowest BCUT2D eigenvalue weighted by Gasteiger charge is -2.24. The SMILES string of the molecule is CCNCCC(C)(C)CCc1ccc(OCC)c(Br)c1. The average Bonchev–Trinajstić information content (AvgIpc) is 2.40. The van der Waals surface area contributed by atoms with E-state index in [1.165, 1.54) is 18.4 Å². The maximum atomic E-state index is 5.55. The predicted octanol–water partition coefficient (Wildman–Crippen LogP) is 4.81. The minimum Gasteiger partial charge on any atom is -0.493 e. The summed E-state index contributed by atoms with van der Waals surface area (Å²) in [5, 5.41) is 3.41. The fraction of sp³-hybridized carbons (Fsp3) is 0.647. The van der Waals surface area contributed by atoms with Crippen LogP contribution in [0.25, 0.3) is 0 Å². The van der Waals surface area contributed by atoms with E-state index in [4.69, 9.17) is 4.74 Å². The molecule has 0 aliphatic rings. The zero-order valence-corrected chi connectivity index (χ0v) is 14.8. The molecule has 0 heterocycles. The van der Waals surface area contributed by atoms with Gasteiger partial charge in [0.15, 0.2) is 0 Å². The van der Waals surface area contributed by atoms with Gasteiger partial charge in [-0.3, -0.25) is 0 Å². The first-order chi connectivity index (χ1) is 9.48. The highest BCUT2D eigenvalue weighted by molar-refractivity contribution is 9.10. The predicted molar refractivity (Wildman–Crippen MR) is 90.6 cm³/mol. The van der Waals surface area contributed by atoms with Gasteiger partial charge in [-0.1, -0.05) is 26.8 Å². The third-order valence-corrected chi connectivity index (χ3v) is 4.23. The summed E-state index contributed by atoms with van der Waals surface area (Å²) in [5.74, 6) is 0.933. The van der Waals surface area contributed by atoms with E-state index in [1.54, 1.807) is 0 Å². The first-order valence-corrected chi connectivity index (χ1v) is 8.39. The van der Waals surface area contributed by atoms with Crippen molar-refractivity contribution in [1.29, 1.82) is 0 Å². The lowest BCUT2D eigenvalue weighted by molar-refractivity contribution is 0.303. The molecular formula is C17H28BrNO. The zero-order chi connectivity index (χ0) is 15.0. The van der Waals surface area contributed by atoms with Crippen molar-refractivity contribution in [3.05, 3.63) is 28.2 Å². The summed E-state index contributed by atoms with van der Waals surface area (Å²) in [6.07, 6.45) is 3.54. The molecule has 1 aromatic rings. The van der Waals surface area contributed by atoms with Crippen LogP contribution in [-0.2, 0) is 6.42 Å². The summed E-state index contributed by atoms with van der Waals surface area (Å²) in [4.78, 5) is 0. The second kappa shape index (κ2) is 8.68. The van der Waals surface area contributed by atoms with Gasteiger partial charge in [0, 0.05) is 0 Å². The van der Waals surface area contributed by atoms with Crippen molar-refractivity contribution < 1.29 is 4.74 Å². The van der Waals surface area contributed by atoms with Crippen LogP contribution in [0.15, 0.2) is 22.7 Å². The van der Waals surface area contributed by atoms with Crippen LogP contribution < -0.4 is 10.1 Å². The van der Waals surface area contributed by atoms with E-state index in [1.807, 2.05) is 6.92 Å². The molecule has 0 spiro atoms. The largest absolute Gasteiger partial charge is 0.493 e. The van der Waals surface area contributed by atoms with Gasteiger partial charge in [0.2, 0.25) is 0 Å². The second-order valence-electron chi connectivity index (χ2n) is 5.97. The van der Waals surface area contributed by atoms with Crippen molar-refractivity contribution in [2.75, 3.05) is 19.7 Å². The lowest BCUT2D eigenvalue weighted by Crippen LogP contribution is -2.22. The van der Waals surface area contributed by atoms with Crippen LogP contribution >= 0.6 is 15.9 Å². The number of hydrogen-bond acceptors (Lipinski definition) is 2. The number of aryl methyl sites for hydroxylation is 1. The monoisotopic (exact) mass is 341 g/mol. The van der Waals surface area contributed by atoms with Gasteiger partial charge in [0.05, 0.1) is 11.1 Å². The van der Waals surface area contributed by atoms with Crippen LogP contribution in [0.5, 0.6) is 5.75 Å². The first kappa shape index (κ1) is 17.5.